The lowest BCUT2D eigenvalue weighted by Gasteiger charge is -2.25. The lowest BCUT2D eigenvalue weighted by atomic mass is 9.87. The van der Waals surface area contributed by atoms with Gasteiger partial charge in [-0.15, -0.1) is 0 Å². The first-order chi connectivity index (χ1) is 13.6. The second-order valence-corrected chi connectivity index (χ2v) is 7.82. The molecule has 148 valence electrons. The highest BCUT2D eigenvalue weighted by Crippen LogP contribution is 2.41. The fourth-order valence-corrected chi connectivity index (χ4v) is 4.08. The molecule has 0 unspecified atom stereocenters. The van der Waals surface area contributed by atoms with Gasteiger partial charge in [-0.25, -0.2) is 5.90 Å². The molecule has 0 saturated heterocycles. The molecule has 2 aliphatic rings. The Morgan fingerprint density at radius 2 is 1.93 bits per heavy atom. The molecule has 28 heavy (non-hydrogen) atoms. The number of hydrogen-bond donors (Lipinski definition) is 1. The van der Waals surface area contributed by atoms with Gasteiger partial charge in [0.1, 0.15) is 6.10 Å². The van der Waals surface area contributed by atoms with Gasteiger partial charge in [-0.05, 0) is 50.3 Å². The quantitative estimate of drug-likeness (QED) is 0.614. The third-order valence-corrected chi connectivity index (χ3v) is 5.85. The molecular formula is C21H23ClN2O4. The van der Waals surface area contributed by atoms with Gasteiger partial charge in [-0.3, -0.25) is 9.78 Å². The number of pyridine rings is 1. The van der Waals surface area contributed by atoms with Crippen LogP contribution < -0.4 is 10.6 Å². The molecule has 6 nitrogen and oxygen atoms in total. The normalized spacial score (nSPS) is 24.0. The molecule has 7 heteroatoms. The van der Waals surface area contributed by atoms with Gasteiger partial charge < -0.3 is 14.3 Å². The van der Waals surface area contributed by atoms with Crippen LogP contribution in [0.2, 0.25) is 5.02 Å². The maximum Gasteiger partial charge on any atom is 0.314 e. The molecule has 1 aromatic carbocycles. The molecule has 0 bridgehead atoms. The second kappa shape index (κ2) is 8.17. The molecule has 1 saturated carbocycles. The fourth-order valence-electron chi connectivity index (χ4n) is 3.95. The smallest absolute Gasteiger partial charge is 0.314 e. The third-order valence-electron chi connectivity index (χ3n) is 5.60. The summed E-state index contributed by atoms with van der Waals surface area (Å²) in [5, 5.41) is 0.674. The van der Waals surface area contributed by atoms with Gasteiger partial charge in [0.25, 0.3) is 0 Å². The molecule has 1 fully saturated rings. The first-order valence-corrected chi connectivity index (χ1v) is 9.87. The molecule has 1 aliphatic heterocycles. The van der Waals surface area contributed by atoms with Gasteiger partial charge in [-0.1, -0.05) is 23.7 Å². The Labute approximate surface area is 168 Å². The van der Waals surface area contributed by atoms with E-state index in [0.717, 1.165) is 29.5 Å². The van der Waals surface area contributed by atoms with E-state index < -0.39 is 0 Å². The van der Waals surface area contributed by atoms with Crippen molar-refractivity contribution in [1.29, 1.82) is 0 Å². The summed E-state index contributed by atoms with van der Waals surface area (Å²) in [7, 11) is 0. The molecule has 1 aliphatic carbocycles. The maximum absolute atomic E-state index is 12.7. The number of esters is 1. The van der Waals surface area contributed by atoms with Crippen LogP contribution in [0.3, 0.4) is 0 Å². The number of benzene rings is 1. The van der Waals surface area contributed by atoms with E-state index >= 15 is 0 Å². The molecule has 1 aromatic heterocycles. The summed E-state index contributed by atoms with van der Waals surface area (Å²) in [6.45, 7) is 2.22. The molecule has 2 N–H and O–H groups in total. The van der Waals surface area contributed by atoms with E-state index in [9.17, 15) is 4.79 Å². The van der Waals surface area contributed by atoms with E-state index in [1.54, 1.807) is 6.20 Å². The Balaban J connectivity index is 1.54. The second-order valence-electron chi connectivity index (χ2n) is 7.38. The van der Waals surface area contributed by atoms with Crippen LogP contribution in [0.15, 0.2) is 30.5 Å². The number of hydrogen-bond acceptors (Lipinski definition) is 6. The zero-order valence-electron chi connectivity index (χ0n) is 15.7. The summed E-state index contributed by atoms with van der Waals surface area (Å²) in [4.78, 5) is 22.1. The minimum Gasteiger partial charge on any atom is -0.424 e. The summed E-state index contributed by atoms with van der Waals surface area (Å²) in [5.41, 5.74) is 3.49. The minimum atomic E-state index is -0.241. The summed E-state index contributed by atoms with van der Waals surface area (Å²) in [6, 6.07) is 7.54. The monoisotopic (exact) mass is 402 g/mol. The van der Waals surface area contributed by atoms with Gasteiger partial charge in [-0.2, -0.15) is 0 Å². The highest BCUT2D eigenvalue weighted by Gasteiger charge is 2.33. The number of nitrogens with two attached hydrogens (primary N) is 1. The maximum atomic E-state index is 12.7. The van der Waals surface area contributed by atoms with Crippen molar-refractivity contribution in [3.63, 3.8) is 0 Å². The minimum absolute atomic E-state index is 0.0296. The van der Waals surface area contributed by atoms with Crippen molar-refractivity contribution in [2.24, 2.45) is 11.8 Å². The number of halogens is 1. The lowest BCUT2D eigenvalue weighted by Crippen LogP contribution is -2.30. The number of nitrogens with zero attached hydrogens (tertiary/aromatic N) is 1. The van der Waals surface area contributed by atoms with Crippen molar-refractivity contribution in [3.05, 3.63) is 57.9 Å². The van der Waals surface area contributed by atoms with Crippen molar-refractivity contribution in [2.45, 2.75) is 51.4 Å². The molecule has 2 heterocycles. The topological polar surface area (TPSA) is 83.7 Å². The van der Waals surface area contributed by atoms with Gasteiger partial charge in [0.15, 0.2) is 5.75 Å². The summed E-state index contributed by atoms with van der Waals surface area (Å²) in [5.74, 6) is 5.42. The largest absolute Gasteiger partial charge is 0.424 e. The highest BCUT2D eigenvalue weighted by molar-refractivity contribution is 6.30. The average Bonchev–Trinajstić information content (AvgIpc) is 3.15. The third kappa shape index (κ3) is 3.78. The van der Waals surface area contributed by atoms with Crippen LogP contribution in [0, 0.1) is 12.8 Å². The van der Waals surface area contributed by atoms with Crippen molar-refractivity contribution in [3.8, 4) is 5.75 Å². The Kier molecular flexibility index (Phi) is 5.64. The number of rotatable bonds is 4. The number of aryl methyl sites for hydroxylation is 1. The van der Waals surface area contributed by atoms with Crippen LogP contribution in [0.5, 0.6) is 5.75 Å². The van der Waals surface area contributed by atoms with E-state index in [1.165, 1.54) is 0 Å². The summed E-state index contributed by atoms with van der Waals surface area (Å²) < 4.78 is 11.8. The Morgan fingerprint density at radius 3 is 2.61 bits per heavy atom. The van der Waals surface area contributed by atoms with Gasteiger partial charge in [0.05, 0.1) is 24.3 Å². The molecule has 0 radical (unpaired) electrons. The van der Waals surface area contributed by atoms with Crippen LogP contribution in [-0.2, 0) is 21.0 Å². The van der Waals surface area contributed by atoms with Crippen LogP contribution in [0.25, 0.3) is 0 Å². The van der Waals surface area contributed by atoms with Gasteiger partial charge in [0.2, 0.25) is 0 Å². The number of carbonyl (C=O) groups is 1. The van der Waals surface area contributed by atoms with Crippen molar-refractivity contribution >= 4 is 17.6 Å². The zero-order chi connectivity index (χ0) is 19.7. The van der Waals surface area contributed by atoms with E-state index in [1.807, 2.05) is 31.2 Å². The van der Waals surface area contributed by atoms with Crippen LogP contribution >= 0.6 is 11.6 Å². The van der Waals surface area contributed by atoms with Gasteiger partial charge in [0, 0.05) is 22.3 Å². The van der Waals surface area contributed by atoms with Crippen LogP contribution in [-0.4, -0.2) is 17.1 Å². The molecular weight excluding hydrogens is 380 g/mol. The molecule has 1 atom stereocenters. The predicted octanol–water partition coefficient (Wildman–Crippen LogP) is 4.02. The number of aromatic nitrogens is 1. The van der Waals surface area contributed by atoms with Crippen LogP contribution in [0.1, 0.15) is 54.2 Å². The molecule has 0 amide bonds. The van der Waals surface area contributed by atoms with E-state index in [0.29, 0.717) is 35.9 Å². The first-order valence-electron chi connectivity index (χ1n) is 9.49. The SMILES string of the molecule is Cc1ncc2c(c1OC(=O)C1CCC(ON)CC1)CO[C@H]2c1ccc(Cl)cc1. The molecule has 2 aromatic rings. The van der Waals surface area contributed by atoms with E-state index in [-0.39, 0.29) is 24.1 Å². The highest BCUT2D eigenvalue weighted by atomic mass is 35.5. The Bertz CT molecular complexity index is 863. The predicted molar refractivity (Wildman–Crippen MR) is 104 cm³/mol. The summed E-state index contributed by atoms with van der Waals surface area (Å²) in [6.07, 6.45) is 4.55. The number of fused-ring (bicyclic) bond motifs is 1. The lowest BCUT2D eigenvalue weighted by molar-refractivity contribution is -0.141. The number of carbonyl (C=O) groups excluding carboxylic acids is 1. The van der Waals surface area contributed by atoms with E-state index in [2.05, 4.69) is 4.98 Å². The standard InChI is InChI=1S/C21H23ClN2O4/c1-12-19(27-21(25)14-4-8-16(28-23)9-5-14)18-11-26-20(17(18)10-24-12)13-2-6-15(22)7-3-13/h2-3,6-7,10,14,16,20H,4-5,8-9,11,23H2,1H3/t14?,16?,20-/m0/s1. The van der Waals surface area contributed by atoms with E-state index in [4.69, 9.17) is 31.8 Å². The fraction of sp³-hybridized carbons (Fsp3) is 0.429. The molecule has 4 rings (SSSR count). The van der Waals surface area contributed by atoms with Gasteiger partial charge >= 0.3 is 5.97 Å². The van der Waals surface area contributed by atoms with Crippen molar-refractivity contribution in [2.75, 3.05) is 0 Å². The van der Waals surface area contributed by atoms with Crippen molar-refractivity contribution < 1.29 is 19.1 Å². The molecule has 0 spiro atoms. The van der Waals surface area contributed by atoms with Crippen molar-refractivity contribution in [1.82, 2.24) is 4.98 Å². The number of ether oxygens (including phenoxy) is 2. The van der Waals surface area contributed by atoms with Crippen LogP contribution in [0.4, 0.5) is 0 Å². The summed E-state index contributed by atoms with van der Waals surface area (Å²) >= 11 is 5.99. The first kappa shape index (κ1) is 19.3. The Hall–Kier alpha value is -1.99. The zero-order valence-corrected chi connectivity index (χ0v) is 16.4. The average molecular weight is 403 g/mol. The Morgan fingerprint density at radius 1 is 1.21 bits per heavy atom.